The number of thiocarbonyl (C=S) groups is 1. The molecule has 0 unspecified atom stereocenters. The summed E-state index contributed by atoms with van der Waals surface area (Å²) in [6, 6.07) is 18.9. The lowest BCUT2D eigenvalue weighted by atomic mass is 10.2. The smallest absolute Gasteiger partial charge is 0.264 e. The minimum atomic E-state index is -3.68. The van der Waals surface area contributed by atoms with E-state index in [0.717, 1.165) is 10.0 Å². The molecule has 0 bridgehead atoms. The van der Waals surface area contributed by atoms with Crippen molar-refractivity contribution in [3.63, 3.8) is 0 Å². The number of rotatable bonds is 6. The van der Waals surface area contributed by atoms with Crippen LogP contribution in [-0.4, -0.2) is 32.6 Å². The van der Waals surface area contributed by atoms with Crippen LogP contribution in [0.15, 0.2) is 76.1 Å². The van der Waals surface area contributed by atoms with Crippen molar-refractivity contribution in [2.75, 3.05) is 22.8 Å². The predicted molar refractivity (Wildman–Crippen MR) is 140 cm³/mol. The van der Waals surface area contributed by atoms with Gasteiger partial charge in [0, 0.05) is 16.7 Å². The van der Waals surface area contributed by atoms with Gasteiger partial charge >= 0.3 is 0 Å². The highest BCUT2D eigenvalue weighted by Crippen LogP contribution is 2.33. The molecule has 0 aromatic heterocycles. The van der Waals surface area contributed by atoms with E-state index in [2.05, 4.69) is 26.6 Å². The van der Waals surface area contributed by atoms with Crippen LogP contribution in [-0.2, 0) is 16.4 Å². The Morgan fingerprint density at radius 3 is 2.59 bits per heavy atom. The number of hydrogen-bond acceptors (Lipinski definition) is 5. The first-order valence-corrected chi connectivity index (χ1v) is 13.2. The molecule has 1 aliphatic heterocycles. The monoisotopic (exact) mass is 559 g/mol. The Bertz CT molecular complexity index is 1340. The predicted octanol–water partition coefficient (Wildman–Crippen LogP) is 4.73. The molecule has 176 valence electrons. The summed E-state index contributed by atoms with van der Waals surface area (Å²) in [6.45, 7) is 2.67. The molecule has 1 aliphatic rings. The standard InChI is InChI=1S/C24H22BrN3O4S2/c1-2-32-22-12-7-17(25)15-20(22)23(29)27-24(33)26-18-8-10-19(11-9-18)34(30,31)28-14-13-16-5-3-4-6-21(16)28/h3-12,15H,2,13-14H2,1H3,(H2,26,27,29,33). The molecule has 3 aromatic rings. The summed E-state index contributed by atoms with van der Waals surface area (Å²) in [4.78, 5) is 12.9. The van der Waals surface area contributed by atoms with Gasteiger partial charge in [-0.2, -0.15) is 0 Å². The number of anilines is 2. The van der Waals surface area contributed by atoms with E-state index in [1.165, 1.54) is 16.4 Å². The largest absolute Gasteiger partial charge is 0.493 e. The number of halogens is 1. The van der Waals surface area contributed by atoms with Crippen LogP contribution in [0, 0.1) is 0 Å². The van der Waals surface area contributed by atoms with Crippen LogP contribution in [0.4, 0.5) is 11.4 Å². The number of benzene rings is 3. The highest BCUT2D eigenvalue weighted by atomic mass is 79.9. The number of ether oxygens (including phenoxy) is 1. The Labute approximate surface area is 212 Å². The minimum Gasteiger partial charge on any atom is -0.493 e. The maximum absolute atomic E-state index is 13.2. The van der Waals surface area contributed by atoms with Gasteiger partial charge in [-0.3, -0.25) is 14.4 Å². The number of hydrogen-bond donors (Lipinski definition) is 2. The van der Waals surface area contributed by atoms with Crippen molar-refractivity contribution in [1.29, 1.82) is 0 Å². The molecule has 2 N–H and O–H groups in total. The molecular weight excluding hydrogens is 538 g/mol. The summed E-state index contributed by atoms with van der Waals surface area (Å²) in [6.07, 6.45) is 0.687. The van der Waals surface area contributed by atoms with E-state index in [4.69, 9.17) is 17.0 Å². The van der Waals surface area contributed by atoms with E-state index in [1.807, 2.05) is 31.2 Å². The SMILES string of the molecule is CCOc1ccc(Br)cc1C(=O)NC(=S)Nc1ccc(S(=O)(=O)N2CCc3ccccc32)cc1. The Kier molecular flexibility index (Phi) is 7.20. The summed E-state index contributed by atoms with van der Waals surface area (Å²) in [7, 11) is -3.68. The third-order valence-electron chi connectivity index (χ3n) is 5.26. The van der Waals surface area contributed by atoms with E-state index in [9.17, 15) is 13.2 Å². The van der Waals surface area contributed by atoms with Crippen LogP contribution in [0.3, 0.4) is 0 Å². The number of carbonyl (C=O) groups excluding carboxylic acids is 1. The van der Waals surface area contributed by atoms with Crippen LogP contribution in [0.5, 0.6) is 5.75 Å². The van der Waals surface area contributed by atoms with E-state index in [1.54, 1.807) is 30.3 Å². The summed E-state index contributed by atoms with van der Waals surface area (Å²) in [5, 5.41) is 5.62. The zero-order valence-corrected chi connectivity index (χ0v) is 21.5. The molecule has 0 spiro atoms. The Morgan fingerprint density at radius 1 is 1.12 bits per heavy atom. The van der Waals surface area contributed by atoms with E-state index in [0.29, 0.717) is 42.3 Å². The number of nitrogens with zero attached hydrogens (tertiary/aromatic N) is 1. The molecule has 0 radical (unpaired) electrons. The second kappa shape index (κ2) is 10.1. The maximum atomic E-state index is 13.2. The molecule has 10 heteroatoms. The molecule has 1 heterocycles. The second-order valence-corrected chi connectivity index (χ2v) is 10.6. The number of nitrogens with one attached hydrogen (secondary N) is 2. The van der Waals surface area contributed by atoms with Crippen molar-refractivity contribution in [1.82, 2.24) is 5.32 Å². The Morgan fingerprint density at radius 2 is 1.85 bits per heavy atom. The van der Waals surface area contributed by atoms with Crippen LogP contribution >= 0.6 is 28.1 Å². The van der Waals surface area contributed by atoms with E-state index in [-0.39, 0.29) is 10.0 Å². The quantitative estimate of drug-likeness (QED) is 0.424. The van der Waals surface area contributed by atoms with Crippen LogP contribution in [0.25, 0.3) is 0 Å². The maximum Gasteiger partial charge on any atom is 0.264 e. The summed E-state index contributed by atoms with van der Waals surface area (Å²) >= 11 is 8.62. The second-order valence-electron chi connectivity index (χ2n) is 7.46. The molecule has 3 aromatic carbocycles. The van der Waals surface area contributed by atoms with E-state index < -0.39 is 15.9 Å². The van der Waals surface area contributed by atoms with Crippen molar-refractivity contribution in [3.8, 4) is 5.75 Å². The summed E-state index contributed by atoms with van der Waals surface area (Å²) in [5.74, 6) is 0.0261. The van der Waals surface area contributed by atoms with Crippen molar-refractivity contribution < 1.29 is 17.9 Å². The fourth-order valence-electron chi connectivity index (χ4n) is 3.69. The van der Waals surface area contributed by atoms with Crippen molar-refractivity contribution >= 4 is 60.6 Å². The molecule has 0 atom stereocenters. The zero-order chi connectivity index (χ0) is 24.3. The molecule has 1 amide bonds. The first-order chi connectivity index (χ1) is 16.3. The first kappa shape index (κ1) is 24.2. The molecular formula is C24H22BrN3O4S2. The summed E-state index contributed by atoms with van der Waals surface area (Å²) in [5.41, 5.74) is 2.62. The molecule has 7 nitrogen and oxygen atoms in total. The molecule has 34 heavy (non-hydrogen) atoms. The number of para-hydroxylation sites is 1. The van der Waals surface area contributed by atoms with Crippen molar-refractivity contribution in [2.45, 2.75) is 18.2 Å². The molecule has 0 saturated carbocycles. The molecule has 0 aliphatic carbocycles. The highest BCUT2D eigenvalue weighted by molar-refractivity contribution is 9.10. The third kappa shape index (κ3) is 5.08. The lowest BCUT2D eigenvalue weighted by Gasteiger charge is -2.20. The van der Waals surface area contributed by atoms with Gasteiger partial charge in [-0.05, 0) is 79.7 Å². The van der Waals surface area contributed by atoms with Crippen LogP contribution in [0.1, 0.15) is 22.8 Å². The molecule has 0 fully saturated rings. The lowest BCUT2D eigenvalue weighted by molar-refractivity contribution is 0.0974. The Hall–Kier alpha value is -2.95. The average Bonchev–Trinajstić information content (AvgIpc) is 3.26. The van der Waals surface area contributed by atoms with Crippen LogP contribution < -0.4 is 19.7 Å². The third-order valence-corrected chi connectivity index (χ3v) is 7.78. The van der Waals surface area contributed by atoms with Crippen LogP contribution in [0.2, 0.25) is 0 Å². The van der Waals surface area contributed by atoms with Crippen molar-refractivity contribution in [2.24, 2.45) is 0 Å². The zero-order valence-electron chi connectivity index (χ0n) is 18.2. The number of fused-ring (bicyclic) bond motifs is 1. The number of amides is 1. The fraction of sp³-hybridized carbons (Fsp3) is 0.167. The molecule has 4 rings (SSSR count). The van der Waals surface area contributed by atoms with E-state index >= 15 is 0 Å². The first-order valence-electron chi connectivity index (χ1n) is 10.5. The van der Waals surface area contributed by atoms with Gasteiger partial charge in [0.2, 0.25) is 0 Å². The van der Waals surface area contributed by atoms with Gasteiger partial charge in [0.05, 0.1) is 22.8 Å². The van der Waals surface area contributed by atoms with Gasteiger partial charge in [-0.25, -0.2) is 8.42 Å². The molecule has 0 saturated heterocycles. The number of carbonyl (C=O) groups is 1. The van der Waals surface area contributed by atoms with Gasteiger partial charge in [-0.1, -0.05) is 34.1 Å². The van der Waals surface area contributed by atoms with Gasteiger partial charge in [-0.15, -0.1) is 0 Å². The Balaban J connectivity index is 1.44. The van der Waals surface area contributed by atoms with Gasteiger partial charge in [0.15, 0.2) is 5.11 Å². The van der Waals surface area contributed by atoms with Crippen molar-refractivity contribution in [3.05, 3.63) is 82.3 Å². The normalized spacial score (nSPS) is 12.7. The average molecular weight is 560 g/mol. The topological polar surface area (TPSA) is 87.7 Å². The highest BCUT2D eigenvalue weighted by Gasteiger charge is 2.30. The fourth-order valence-corrected chi connectivity index (χ4v) is 5.76. The number of sulfonamides is 1. The van der Waals surface area contributed by atoms with Gasteiger partial charge in [0.25, 0.3) is 15.9 Å². The minimum absolute atomic E-state index is 0.0801. The van der Waals surface area contributed by atoms with Gasteiger partial charge < -0.3 is 10.1 Å². The van der Waals surface area contributed by atoms with Gasteiger partial charge in [0.1, 0.15) is 5.75 Å². The lowest BCUT2D eigenvalue weighted by Crippen LogP contribution is -2.34. The summed E-state index contributed by atoms with van der Waals surface area (Å²) < 4.78 is 34.0.